The van der Waals surface area contributed by atoms with E-state index >= 15 is 4.39 Å². The van der Waals surface area contributed by atoms with Crippen LogP contribution in [-0.2, 0) is 9.30 Å². The van der Waals surface area contributed by atoms with Crippen LogP contribution in [0.4, 0.5) is 10.1 Å². The number of aromatic nitrogens is 1. The molecule has 3 fully saturated rings. The van der Waals surface area contributed by atoms with Crippen LogP contribution in [0.15, 0.2) is 17.1 Å². The van der Waals surface area contributed by atoms with Crippen molar-refractivity contribution in [3.8, 4) is 5.75 Å². The molecule has 2 aliphatic heterocycles. The highest BCUT2D eigenvalue weighted by molar-refractivity contribution is 7.52. The molecule has 2 saturated heterocycles. The molecule has 1 aliphatic carbocycles. The maximum absolute atomic E-state index is 15.1. The van der Waals surface area contributed by atoms with Crippen molar-refractivity contribution < 1.29 is 38.1 Å². The zero-order chi connectivity index (χ0) is 25.7. The number of nitrogens with one attached hydrogen (secondary N) is 1. The smallest absolute Gasteiger partial charge is 0.356 e. The summed E-state index contributed by atoms with van der Waals surface area (Å²) >= 11 is 0. The van der Waals surface area contributed by atoms with Crippen molar-refractivity contribution >= 4 is 30.2 Å². The van der Waals surface area contributed by atoms with Crippen LogP contribution >= 0.6 is 7.60 Å². The number of fused-ring (bicyclic) bond motifs is 1. The van der Waals surface area contributed by atoms with Gasteiger partial charge in [-0.1, -0.05) is 0 Å². The normalized spacial score (nSPS) is 24.1. The maximum atomic E-state index is 15.1. The molecule has 2 aromatic rings. The number of rotatable bonds is 5. The summed E-state index contributed by atoms with van der Waals surface area (Å²) in [5, 5.41) is 12.7. The number of ether oxygens (including phenoxy) is 2. The Hall–Kier alpha value is -2.50. The predicted molar refractivity (Wildman–Crippen MR) is 126 cm³/mol. The first-order valence-electron chi connectivity index (χ1n) is 11.3. The molecule has 0 bridgehead atoms. The van der Waals surface area contributed by atoms with Crippen LogP contribution in [-0.4, -0.2) is 70.2 Å². The molecule has 3 heterocycles. The Bertz CT molecular complexity index is 1260. The van der Waals surface area contributed by atoms with Crippen molar-refractivity contribution in [1.82, 2.24) is 9.88 Å². The standard InChI is InChI=1S/C19H22FN3O4.C3H7O4P/c1-10-8-22(6-5-21-10)16-14(20)7-12-15(18(16)27-2)23(11-3-4-11)9-13(17(12)24)19(25)26;1-2-3(7-2)8(4,5)6/h7,9-11,21H,3-6,8H2,1-2H3,(H,25,26);2-3H,1H3,(H2,4,5,6)/t;2-,3+/m.0/s1. The number of hydrogen-bond donors (Lipinski definition) is 4. The molecule has 13 heteroatoms. The third-order valence-corrected chi connectivity index (χ3v) is 7.47. The molecule has 3 atom stereocenters. The van der Waals surface area contributed by atoms with E-state index in [1.54, 1.807) is 11.5 Å². The summed E-state index contributed by atoms with van der Waals surface area (Å²) in [5.74, 6) is -2.41. The number of anilines is 1. The number of carboxylic acids is 1. The Labute approximate surface area is 200 Å². The van der Waals surface area contributed by atoms with Crippen molar-refractivity contribution in [3.63, 3.8) is 0 Å². The summed E-state index contributed by atoms with van der Waals surface area (Å²) in [5.41, 5.74) is -0.237. The van der Waals surface area contributed by atoms with Gasteiger partial charge in [0.15, 0.2) is 17.4 Å². The largest absolute Gasteiger partial charge is 0.492 e. The number of aromatic carboxylic acids is 1. The fourth-order valence-corrected chi connectivity index (χ4v) is 5.28. The first-order chi connectivity index (χ1) is 16.4. The molecule has 0 spiro atoms. The number of epoxide rings is 1. The van der Waals surface area contributed by atoms with Crippen LogP contribution in [0.25, 0.3) is 10.9 Å². The van der Waals surface area contributed by atoms with E-state index in [1.807, 2.05) is 11.8 Å². The Balaban J connectivity index is 0.000000308. The number of methoxy groups -OCH3 is 1. The van der Waals surface area contributed by atoms with Gasteiger partial charge in [-0.05, 0) is 32.8 Å². The van der Waals surface area contributed by atoms with E-state index in [9.17, 15) is 19.3 Å². The number of halogens is 1. The zero-order valence-corrected chi connectivity index (χ0v) is 20.5. The summed E-state index contributed by atoms with van der Waals surface area (Å²) in [6.45, 7) is 5.60. The molecule has 1 unspecified atom stereocenters. The number of nitrogens with zero attached hydrogens (tertiary/aromatic N) is 2. The van der Waals surface area contributed by atoms with Gasteiger partial charge >= 0.3 is 13.6 Å². The van der Waals surface area contributed by atoms with Gasteiger partial charge in [0.25, 0.3) is 0 Å². The molecule has 3 aliphatic rings. The third kappa shape index (κ3) is 5.22. The first-order valence-corrected chi connectivity index (χ1v) is 13.0. The van der Waals surface area contributed by atoms with Crippen molar-refractivity contribution in [1.29, 1.82) is 0 Å². The molecule has 192 valence electrons. The number of benzene rings is 1. The second-order valence-corrected chi connectivity index (χ2v) is 10.8. The van der Waals surface area contributed by atoms with E-state index in [0.717, 1.165) is 25.5 Å². The summed E-state index contributed by atoms with van der Waals surface area (Å²) in [4.78, 5) is 42.7. The van der Waals surface area contributed by atoms with Crippen LogP contribution in [0.5, 0.6) is 5.75 Å². The molecule has 0 radical (unpaired) electrons. The number of pyridine rings is 1. The second kappa shape index (κ2) is 9.51. The molecule has 4 N–H and O–H groups in total. The van der Waals surface area contributed by atoms with Crippen LogP contribution in [0.3, 0.4) is 0 Å². The average Bonchev–Trinajstić information content (AvgIpc) is 3.69. The molecule has 1 aromatic heterocycles. The zero-order valence-electron chi connectivity index (χ0n) is 19.6. The van der Waals surface area contributed by atoms with E-state index in [4.69, 9.17) is 14.5 Å². The van der Waals surface area contributed by atoms with Gasteiger partial charge < -0.3 is 39.2 Å². The monoisotopic (exact) mass is 513 g/mol. The summed E-state index contributed by atoms with van der Waals surface area (Å²) in [6.07, 6.45) is 2.89. The Morgan fingerprint density at radius 2 is 1.97 bits per heavy atom. The van der Waals surface area contributed by atoms with E-state index in [2.05, 4.69) is 10.1 Å². The lowest BCUT2D eigenvalue weighted by Gasteiger charge is -2.35. The second-order valence-electron chi connectivity index (χ2n) is 9.07. The molecule has 5 rings (SSSR count). The topological polar surface area (TPSA) is 154 Å². The Kier molecular flexibility index (Phi) is 6.96. The van der Waals surface area contributed by atoms with Gasteiger partial charge in [0, 0.05) is 37.9 Å². The SMILES string of the molecule is COc1c(N2CCNC(C)C2)c(F)cc2c(=O)c(C(=O)O)cn(C3CC3)c12.C[C@@H]1O[C@@H]1P(=O)(O)O. The summed E-state index contributed by atoms with van der Waals surface area (Å²) < 4.78 is 37.2. The molecular weight excluding hydrogens is 484 g/mol. The maximum Gasteiger partial charge on any atom is 0.356 e. The minimum Gasteiger partial charge on any atom is -0.492 e. The first kappa shape index (κ1) is 25.6. The van der Waals surface area contributed by atoms with Gasteiger partial charge in [0.05, 0.1) is 24.1 Å². The van der Waals surface area contributed by atoms with Gasteiger partial charge in [-0.15, -0.1) is 0 Å². The lowest BCUT2D eigenvalue weighted by molar-refractivity contribution is 0.0694. The van der Waals surface area contributed by atoms with Crippen LogP contribution in [0, 0.1) is 5.82 Å². The van der Waals surface area contributed by atoms with E-state index in [1.165, 1.54) is 13.3 Å². The van der Waals surface area contributed by atoms with Crippen molar-refractivity contribution in [2.45, 2.75) is 50.7 Å². The highest BCUT2D eigenvalue weighted by Gasteiger charge is 2.48. The highest BCUT2D eigenvalue weighted by atomic mass is 31.2. The average molecular weight is 513 g/mol. The highest BCUT2D eigenvalue weighted by Crippen LogP contribution is 2.52. The molecular formula is C22H29FN3O8P. The van der Waals surface area contributed by atoms with E-state index in [0.29, 0.717) is 30.0 Å². The molecule has 1 saturated carbocycles. The minimum atomic E-state index is -3.90. The van der Waals surface area contributed by atoms with Gasteiger partial charge in [-0.25, -0.2) is 9.18 Å². The molecule has 35 heavy (non-hydrogen) atoms. The number of carboxylic acid groups (broad SMARTS) is 1. The fourth-order valence-electron chi connectivity index (χ4n) is 4.39. The van der Waals surface area contributed by atoms with Crippen molar-refractivity contribution in [3.05, 3.63) is 33.9 Å². The Morgan fingerprint density at radius 1 is 1.31 bits per heavy atom. The summed E-state index contributed by atoms with van der Waals surface area (Å²) in [6, 6.07) is 1.45. The molecule has 11 nitrogen and oxygen atoms in total. The van der Waals surface area contributed by atoms with Gasteiger partial charge in [-0.2, -0.15) is 0 Å². The van der Waals surface area contributed by atoms with Crippen molar-refractivity contribution in [2.75, 3.05) is 31.6 Å². The van der Waals surface area contributed by atoms with E-state index < -0.39 is 30.7 Å². The third-order valence-electron chi connectivity index (χ3n) is 6.27. The fraction of sp³-hybridized carbons (Fsp3) is 0.545. The minimum absolute atomic E-state index is 0.0445. The number of hydrogen-bond acceptors (Lipinski definition) is 7. The molecule has 0 amide bonds. The van der Waals surface area contributed by atoms with Crippen molar-refractivity contribution in [2.24, 2.45) is 0 Å². The van der Waals surface area contributed by atoms with Crippen LogP contribution in [0.1, 0.15) is 43.1 Å². The van der Waals surface area contributed by atoms with Gasteiger partial charge in [-0.3, -0.25) is 9.36 Å². The van der Waals surface area contributed by atoms with Gasteiger partial charge in [0.1, 0.15) is 11.3 Å². The van der Waals surface area contributed by atoms with Crippen LogP contribution in [0.2, 0.25) is 0 Å². The molecule has 1 aromatic carbocycles. The lowest BCUT2D eigenvalue weighted by atomic mass is 10.1. The van der Waals surface area contributed by atoms with E-state index in [-0.39, 0.29) is 29.1 Å². The number of carbonyl (C=O) groups is 1. The predicted octanol–water partition coefficient (Wildman–Crippen LogP) is 1.89. The quantitative estimate of drug-likeness (QED) is 0.344. The summed E-state index contributed by atoms with van der Waals surface area (Å²) in [7, 11) is -2.45. The van der Waals surface area contributed by atoms with Gasteiger partial charge in [0.2, 0.25) is 5.43 Å². The Morgan fingerprint density at radius 3 is 2.43 bits per heavy atom. The lowest BCUT2D eigenvalue weighted by Crippen LogP contribution is -2.49. The van der Waals surface area contributed by atoms with Crippen LogP contribution < -0.4 is 20.4 Å². The number of piperazine rings is 1.